The molecule has 1 aromatic carbocycles. The van der Waals surface area contributed by atoms with Gasteiger partial charge in [0.2, 0.25) is 11.1 Å². The van der Waals surface area contributed by atoms with Crippen LogP contribution in [0.15, 0.2) is 36.7 Å². The lowest BCUT2D eigenvalue weighted by Gasteiger charge is -2.24. The molecule has 5 atom stereocenters. The molecule has 0 bridgehead atoms. The number of aromatic nitrogens is 4. The molecular weight excluding hydrogens is 556 g/mol. The zero-order valence-electron chi connectivity index (χ0n) is 21.7. The zero-order chi connectivity index (χ0) is 28.4. The molecule has 4 N–H and O–H groups in total. The average Bonchev–Trinajstić information content (AvgIpc) is 3.41. The fourth-order valence-corrected chi connectivity index (χ4v) is 5.75. The van der Waals surface area contributed by atoms with Crippen LogP contribution < -0.4 is 20.7 Å². The van der Waals surface area contributed by atoms with Gasteiger partial charge in [-0.2, -0.15) is 15.1 Å². The monoisotopic (exact) mass is 585 g/mol. The van der Waals surface area contributed by atoms with E-state index in [4.69, 9.17) is 35.9 Å². The quantitative estimate of drug-likeness (QED) is 0.170. The number of benzene rings is 1. The molecule has 0 spiro atoms. The Kier molecular flexibility index (Phi) is 8.62. The summed E-state index contributed by atoms with van der Waals surface area (Å²) in [4.78, 5) is 24.8. The number of esters is 1. The first kappa shape index (κ1) is 29.0. The highest BCUT2D eigenvalue weighted by Crippen LogP contribution is 2.49. The minimum Gasteiger partial charge on any atom is -0.462 e. The molecule has 4 rings (SSSR count). The lowest BCUT2D eigenvalue weighted by molar-refractivity contribution is -0.149. The van der Waals surface area contributed by atoms with Crippen molar-refractivity contribution in [2.45, 2.75) is 56.8 Å². The number of rotatable bonds is 11. The van der Waals surface area contributed by atoms with Crippen LogP contribution in [-0.2, 0) is 23.4 Å². The number of carbonyl (C=O) groups excluding carboxylic acids is 1. The van der Waals surface area contributed by atoms with Gasteiger partial charge in [-0.15, -0.1) is 0 Å². The van der Waals surface area contributed by atoms with Crippen molar-refractivity contribution in [3.05, 3.63) is 36.7 Å². The number of halogens is 2. The van der Waals surface area contributed by atoms with Crippen LogP contribution in [0.5, 0.6) is 5.75 Å². The summed E-state index contributed by atoms with van der Waals surface area (Å²) in [5, 5.41) is 3.03. The molecule has 1 saturated heterocycles. The van der Waals surface area contributed by atoms with Gasteiger partial charge in [0.15, 0.2) is 23.2 Å². The highest BCUT2D eigenvalue weighted by Gasteiger charge is 2.51. The van der Waals surface area contributed by atoms with Crippen molar-refractivity contribution in [3.63, 3.8) is 0 Å². The Labute approximate surface area is 229 Å². The minimum atomic E-state index is -4.19. The summed E-state index contributed by atoms with van der Waals surface area (Å²) in [5.41, 5.74) is 6.34. The normalized spacial score (nSPS) is 23.5. The number of ether oxygens (including phenoxy) is 2. The molecule has 212 valence electrons. The van der Waals surface area contributed by atoms with Crippen LogP contribution in [-0.4, -0.2) is 62.5 Å². The van der Waals surface area contributed by atoms with E-state index in [1.807, 2.05) is 0 Å². The standard InChI is InChI=1S/C23H30ClFN7O6P/c1-13(2)36-20(33)14(3)31-39(34,38-15-8-6-5-7-9-15)35-11-16-10-23(24,25)21(37-16)32-12-28-17-18(27-4)29-22(26)30-19(17)32/h5-9,12-14,16,21H,10-11H2,1-4H3,(H,31,34)(H3,26,27,29,30)/t14-,16+,21-,23-,39?/m1/s1. The molecule has 1 fully saturated rings. The Morgan fingerprint density at radius 2 is 2.05 bits per heavy atom. The highest BCUT2D eigenvalue weighted by atomic mass is 35.5. The molecule has 0 amide bonds. The Morgan fingerprint density at radius 3 is 2.72 bits per heavy atom. The minimum absolute atomic E-state index is 0.0549. The number of nitrogen functional groups attached to an aromatic ring is 1. The van der Waals surface area contributed by atoms with Crippen LogP contribution in [0.4, 0.5) is 16.2 Å². The van der Waals surface area contributed by atoms with Gasteiger partial charge in [0.1, 0.15) is 11.8 Å². The van der Waals surface area contributed by atoms with E-state index in [-0.39, 0.29) is 36.5 Å². The van der Waals surface area contributed by atoms with Gasteiger partial charge in [-0.25, -0.2) is 13.9 Å². The van der Waals surface area contributed by atoms with E-state index in [9.17, 15) is 9.36 Å². The third kappa shape index (κ3) is 6.76. The van der Waals surface area contributed by atoms with Crippen LogP contribution >= 0.6 is 19.3 Å². The number of nitrogens with zero attached hydrogens (tertiary/aromatic N) is 4. The van der Waals surface area contributed by atoms with E-state index in [0.29, 0.717) is 11.3 Å². The van der Waals surface area contributed by atoms with Crippen LogP contribution in [0.3, 0.4) is 0 Å². The van der Waals surface area contributed by atoms with Crippen molar-refractivity contribution in [1.29, 1.82) is 0 Å². The van der Waals surface area contributed by atoms with Crippen molar-refractivity contribution in [1.82, 2.24) is 24.6 Å². The van der Waals surface area contributed by atoms with Gasteiger partial charge in [-0.3, -0.25) is 13.9 Å². The second-order valence-electron chi connectivity index (χ2n) is 9.11. The van der Waals surface area contributed by atoms with E-state index in [1.165, 1.54) is 17.8 Å². The van der Waals surface area contributed by atoms with Crippen LogP contribution in [0, 0.1) is 0 Å². The third-order valence-electron chi connectivity index (χ3n) is 5.57. The molecule has 0 aliphatic carbocycles. The lowest BCUT2D eigenvalue weighted by Crippen LogP contribution is -2.36. The largest absolute Gasteiger partial charge is 0.462 e. The van der Waals surface area contributed by atoms with Gasteiger partial charge >= 0.3 is 13.7 Å². The molecule has 1 aliphatic heterocycles. The van der Waals surface area contributed by atoms with Gasteiger partial charge < -0.3 is 25.0 Å². The molecular formula is C23H30ClFN7O6P. The number of para-hydroxylation sites is 1. The topological polar surface area (TPSA) is 165 Å². The van der Waals surface area contributed by atoms with E-state index < -0.39 is 37.2 Å². The van der Waals surface area contributed by atoms with Crippen LogP contribution in [0.25, 0.3) is 11.2 Å². The van der Waals surface area contributed by atoms with Gasteiger partial charge in [-0.05, 0) is 32.9 Å². The number of carbonyl (C=O) groups is 1. The van der Waals surface area contributed by atoms with Gasteiger partial charge in [0.25, 0.3) is 0 Å². The maximum Gasteiger partial charge on any atom is 0.459 e. The first-order chi connectivity index (χ1) is 18.4. The van der Waals surface area contributed by atoms with Gasteiger partial charge in [0.05, 0.1) is 25.1 Å². The fraction of sp³-hybridized carbons (Fsp3) is 0.478. The zero-order valence-corrected chi connectivity index (χ0v) is 23.4. The second-order valence-corrected chi connectivity index (χ2v) is 11.4. The number of nitrogens with one attached hydrogen (secondary N) is 2. The van der Waals surface area contributed by atoms with Gasteiger partial charge in [-0.1, -0.05) is 29.8 Å². The molecule has 16 heteroatoms. The number of alkyl halides is 2. The highest BCUT2D eigenvalue weighted by molar-refractivity contribution is 7.52. The summed E-state index contributed by atoms with van der Waals surface area (Å²) < 4.78 is 52.9. The third-order valence-corrected chi connectivity index (χ3v) is 7.55. The Bertz CT molecular complexity index is 1360. The summed E-state index contributed by atoms with van der Waals surface area (Å²) in [6, 6.07) is 7.20. The fourth-order valence-electron chi connectivity index (χ4n) is 3.90. The van der Waals surface area contributed by atoms with Crippen molar-refractivity contribution in [3.8, 4) is 5.75 Å². The summed E-state index contributed by atoms with van der Waals surface area (Å²) in [6.07, 6.45) is -1.71. The van der Waals surface area contributed by atoms with Crippen molar-refractivity contribution in [2.24, 2.45) is 0 Å². The van der Waals surface area contributed by atoms with Crippen molar-refractivity contribution >= 4 is 48.2 Å². The molecule has 1 unspecified atom stereocenters. The number of imidazole rings is 1. The second kappa shape index (κ2) is 11.6. The number of nitrogens with two attached hydrogens (primary N) is 1. The molecule has 0 radical (unpaired) electrons. The Hall–Kier alpha value is -3.03. The predicted molar refractivity (Wildman–Crippen MR) is 142 cm³/mol. The van der Waals surface area contributed by atoms with Crippen molar-refractivity contribution < 1.29 is 32.3 Å². The maximum absolute atomic E-state index is 15.6. The summed E-state index contributed by atoms with van der Waals surface area (Å²) >= 11 is 6.22. The van der Waals surface area contributed by atoms with E-state index in [1.54, 1.807) is 51.2 Å². The summed E-state index contributed by atoms with van der Waals surface area (Å²) in [6.45, 7) is 4.45. The molecule has 3 aromatic rings. The van der Waals surface area contributed by atoms with E-state index in [0.717, 1.165) is 0 Å². The van der Waals surface area contributed by atoms with Crippen LogP contribution in [0.2, 0.25) is 0 Å². The first-order valence-electron chi connectivity index (χ1n) is 12.1. The van der Waals surface area contributed by atoms with E-state index >= 15 is 4.39 Å². The van der Waals surface area contributed by atoms with Crippen molar-refractivity contribution in [2.75, 3.05) is 24.7 Å². The number of hydrogen-bond acceptors (Lipinski definition) is 11. The average molecular weight is 586 g/mol. The number of fused-ring (bicyclic) bond motifs is 1. The van der Waals surface area contributed by atoms with Crippen LogP contribution in [0.1, 0.15) is 33.4 Å². The predicted octanol–water partition coefficient (Wildman–Crippen LogP) is 3.78. The molecule has 13 nitrogen and oxygen atoms in total. The number of anilines is 2. The lowest BCUT2D eigenvalue weighted by atomic mass is 10.2. The molecule has 1 aliphatic rings. The Morgan fingerprint density at radius 1 is 1.33 bits per heavy atom. The summed E-state index contributed by atoms with van der Waals surface area (Å²) in [5.74, 6) is -0.132. The molecule has 0 saturated carbocycles. The first-order valence-corrected chi connectivity index (χ1v) is 14.0. The van der Waals surface area contributed by atoms with Gasteiger partial charge in [0, 0.05) is 13.5 Å². The smallest absolute Gasteiger partial charge is 0.459 e. The SMILES string of the molecule is CNc1nc(N)nc2c1ncn2[C@@H]1O[C@H](COP(=O)(N[C@H](C)C(=O)OC(C)C)Oc2ccccc2)C[C@]1(F)Cl. The van der Waals surface area contributed by atoms with E-state index in [2.05, 4.69) is 25.4 Å². The Balaban J connectivity index is 1.52. The molecule has 2 aromatic heterocycles. The maximum atomic E-state index is 15.6. The molecule has 39 heavy (non-hydrogen) atoms. The number of hydrogen-bond donors (Lipinski definition) is 3. The summed E-state index contributed by atoms with van der Waals surface area (Å²) in [7, 11) is -2.55. The molecule has 3 heterocycles.